The lowest BCUT2D eigenvalue weighted by molar-refractivity contribution is -0.123. The molecule has 146 valence electrons. The van der Waals surface area contributed by atoms with E-state index in [1.54, 1.807) is 36.4 Å². The molecule has 3 amide bonds. The van der Waals surface area contributed by atoms with Gasteiger partial charge in [0.1, 0.15) is 0 Å². The number of imide groups is 1. The Morgan fingerprint density at radius 1 is 1.00 bits per heavy atom. The van der Waals surface area contributed by atoms with Gasteiger partial charge in [0.05, 0.1) is 17.5 Å². The Bertz CT molecular complexity index is 1050. The molecule has 0 radical (unpaired) electrons. The van der Waals surface area contributed by atoms with Gasteiger partial charge in [0, 0.05) is 16.3 Å². The Labute approximate surface area is 173 Å². The molecule has 6 heteroatoms. The lowest BCUT2D eigenvalue weighted by Gasteiger charge is -2.17. The summed E-state index contributed by atoms with van der Waals surface area (Å²) in [5, 5.41) is 3.39. The summed E-state index contributed by atoms with van der Waals surface area (Å²) in [5.41, 5.74) is 2.51. The summed E-state index contributed by atoms with van der Waals surface area (Å²) in [5.74, 6) is -0.625. The van der Waals surface area contributed by atoms with Crippen molar-refractivity contribution in [2.24, 2.45) is 23.7 Å². The van der Waals surface area contributed by atoms with Gasteiger partial charge >= 0.3 is 0 Å². The average Bonchev–Trinajstić information content (AvgIpc) is 3.39. The van der Waals surface area contributed by atoms with Crippen molar-refractivity contribution in [3.05, 3.63) is 70.8 Å². The second kappa shape index (κ2) is 6.56. The molecule has 0 unspecified atom stereocenters. The number of anilines is 2. The maximum Gasteiger partial charge on any atom is 0.255 e. The van der Waals surface area contributed by atoms with Crippen LogP contribution in [0.15, 0.2) is 54.6 Å². The first kappa shape index (κ1) is 18.1. The van der Waals surface area contributed by atoms with Gasteiger partial charge in [0.15, 0.2) is 0 Å². The maximum atomic E-state index is 12.9. The molecule has 29 heavy (non-hydrogen) atoms. The van der Waals surface area contributed by atoms with Crippen molar-refractivity contribution >= 4 is 40.7 Å². The van der Waals surface area contributed by atoms with E-state index in [-0.39, 0.29) is 41.4 Å². The second-order valence-electron chi connectivity index (χ2n) is 7.97. The van der Waals surface area contributed by atoms with Gasteiger partial charge in [-0.15, -0.1) is 0 Å². The Hall–Kier alpha value is -2.92. The van der Waals surface area contributed by atoms with Crippen molar-refractivity contribution in [2.45, 2.75) is 13.3 Å². The molecule has 1 saturated heterocycles. The van der Waals surface area contributed by atoms with Gasteiger partial charge in [-0.05, 0) is 67.1 Å². The minimum Gasteiger partial charge on any atom is -0.322 e. The van der Waals surface area contributed by atoms with Crippen LogP contribution in [-0.2, 0) is 9.59 Å². The summed E-state index contributed by atoms with van der Waals surface area (Å²) in [6, 6.07) is 11.9. The van der Waals surface area contributed by atoms with E-state index in [0.29, 0.717) is 22.0 Å². The Morgan fingerprint density at radius 2 is 1.62 bits per heavy atom. The molecule has 2 fully saturated rings. The predicted octanol–water partition coefficient (Wildman–Crippen LogP) is 4.21. The molecule has 4 atom stereocenters. The first-order chi connectivity index (χ1) is 13.9. The van der Waals surface area contributed by atoms with E-state index in [9.17, 15) is 14.4 Å². The first-order valence-electron chi connectivity index (χ1n) is 9.68. The van der Waals surface area contributed by atoms with Crippen molar-refractivity contribution < 1.29 is 14.4 Å². The molecule has 3 aliphatic rings. The highest BCUT2D eigenvalue weighted by Crippen LogP contribution is 2.53. The number of allylic oxidation sites excluding steroid dienone is 2. The maximum absolute atomic E-state index is 12.9. The highest BCUT2D eigenvalue weighted by Gasteiger charge is 2.59. The summed E-state index contributed by atoms with van der Waals surface area (Å²) >= 11 is 6.01. The van der Waals surface area contributed by atoms with E-state index in [4.69, 9.17) is 11.6 Å². The molecule has 2 bridgehead atoms. The largest absolute Gasteiger partial charge is 0.322 e. The van der Waals surface area contributed by atoms with E-state index < -0.39 is 0 Å². The van der Waals surface area contributed by atoms with Crippen molar-refractivity contribution in [2.75, 3.05) is 10.2 Å². The fourth-order valence-corrected chi connectivity index (χ4v) is 5.01. The molecule has 2 aliphatic carbocycles. The van der Waals surface area contributed by atoms with Crippen LogP contribution >= 0.6 is 11.6 Å². The number of rotatable bonds is 3. The number of nitrogens with one attached hydrogen (secondary N) is 1. The fourth-order valence-electron chi connectivity index (χ4n) is 4.84. The smallest absolute Gasteiger partial charge is 0.255 e. The van der Waals surface area contributed by atoms with E-state index in [1.807, 2.05) is 13.0 Å². The molecule has 2 aromatic rings. The Morgan fingerprint density at radius 3 is 2.24 bits per heavy atom. The van der Waals surface area contributed by atoms with E-state index >= 15 is 0 Å². The Balaban J connectivity index is 1.36. The number of nitrogens with zero attached hydrogens (tertiary/aromatic N) is 1. The summed E-state index contributed by atoms with van der Waals surface area (Å²) in [6.45, 7) is 1.89. The predicted molar refractivity (Wildman–Crippen MR) is 111 cm³/mol. The molecule has 1 N–H and O–H groups in total. The number of hydrogen-bond acceptors (Lipinski definition) is 3. The molecule has 5 rings (SSSR count). The van der Waals surface area contributed by atoms with Crippen molar-refractivity contribution in [1.29, 1.82) is 0 Å². The summed E-state index contributed by atoms with van der Waals surface area (Å²) in [7, 11) is 0. The zero-order chi connectivity index (χ0) is 20.3. The van der Waals surface area contributed by atoms with Crippen LogP contribution in [0.5, 0.6) is 0 Å². The Kier molecular flexibility index (Phi) is 4.10. The molecule has 1 aliphatic heterocycles. The van der Waals surface area contributed by atoms with Crippen LogP contribution in [0.1, 0.15) is 22.3 Å². The molecule has 5 nitrogen and oxygen atoms in total. The summed E-state index contributed by atoms with van der Waals surface area (Å²) < 4.78 is 0. The van der Waals surface area contributed by atoms with Crippen LogP contribution < -0.4 is 10.2 Å². The number of carbonyl (C=O) groups excluding carboxylic acids is 3. The van der Waals surface area contributed by atoms with Gasteiger partial charge in [-0.2, -0.15) is 0 Å². The number of hydrogen-bond donors (Lipinski definition) is 1. The molecule has 2 aromatic carbocycles. The fraction of sp³-hybridized carbons (Fsp3) is 0.261. The number of aryl methyl sites for hydroxylation is 1. The van der Waals surface area contributed by atoms with Gasteiger partial charge in [0.2, 0.25) is 11.8 Å². The summed E-state index contributed by atoms with van der Waals surface area (Å²) in [6.07, 6.45) is 5.06. The van der Waals surface area contributed by atoms with Gasteiger partial charge in [-0.3, -0.25) is 19.3 Å². The molecule has 1 heterocycles. The monoisotopic (exact) mass is 406 g/mol. The van der Waals surface area contributed by atoms with Crippen LogP contribution in [0.3, 0.4) is 0 Å². The van der Waals surface area contributed by atoms with Crippen LogP contribution in [0, 0.1) is 30.6 Å². The van der Waals surface area contributed by atoms with Gasteiger partial charge in [-0.1, -0.05) is 29.8 Å². The summed E-state index contributed by atoms with van der Waals surface area (Å²) in [4.78, 5) is 39.7. The van der Waals surface area contributed by atoms with Crippen molar-refractivity contribution in [1.82, 2.24) is 0 Å². The van der Waals surface area contributed by atoms with Gasteiger partial charge < -0.3 is 5.32 Å². The van der Waals surface area contributed by atoms with Crippen LogP contribution in [-0.4, -0.2) is 17.7 Å². The third kappa shape index (κ3) is 2.80. The normalized spacial score (nSPS) is 26.9. The third-order valence-electron chi connectivity index (χ3n) is 6.31. The number of carbonyl (C=O) groups is 3. The zero-order valence-electron chi connectivity index (χ0n) is 15.8. The second-order valence-corrected chi connectivity index (χ2v) is 8.41. The van der Waals surface area contributed by atoms with Crippen LogP contribution in [0.25, 0.3) is 0 Å². The highest BCUT2D eigenvalue weighted by atomic mass is 35.5. The molecule has 1 saturated carbocycles. The van der Waals surface area contributed by atoms with E-state index in [0.717, 1.165) is 12.0 Å². The quantitative estimate of drug-likeness (QED) is 0.613. The van der Waals surface area contributed by atoms with E-state index in [1.165, 1.54) is 4.90 Å². The van der Waals surface area contributed by atoms with Gasteiger partial charge in [0.25, 0.3) is 5.91 Å². The molecule has 0 spiro atoms. The first-order valence-corrected chi connectivity index (χ1v) is 10.1. The third-order valence-corrected chi connectivity index (χ3v) is 6.54. The number of fused-ring (bicyclic) bond motifs is 5. The van der Waals surface area contributed by atoms with Crippen molar-refractivity contribution in [3.63, 3.8) is 0 Å². The van der Waals surface area contributed by atoms with Gasteiger partial charge in [-0.25, -0.2) is 0 Å². The molecule has 0 aromatic heterocycles. The minimum atomic E-state index is -0.278. The SMILES string of the molecule is Cc1ccc(Cl)cc1NC(=O)c1ccc(N2C(=O)[C@@H]3[C@H](C2=O)[C@H]2C=C[C@H]3C2)cc1. The topological polar surface area (TPSA) is 66.5 Å². The highest BCUT2D eigenvalue weighted by molar-refractivity contribution is 6.31. The lowest BCUT2D eigenvalue weighted by Crippen LogP contribution is -2.32. The molecular weight excluding hydrogens is 388 g/mol. The molecular formula is C23H19ClN2O3. The zero-order valence-corrected chi connectivity index (χ0v) is 16.5. The number of benzene rings is 2. The van der Waals surface area contributed by atoms with Crippen LogP contribution in [0.2, 0.25) is 5.02 Å². The standard InChI is InChI=1S/C23H19ClN2O3/c1-12-2-7-16(24)11-18(12)25-21(27)13-5-8-17(9-6-13)26-22(28)19-14-3-4-15(10-14)20(19)23(26)29/h2-9,11,14-15,19-20H,10H2,1H3,(H,25,27)/t14-,15-,19-,20+/m0/s1. The van der Waals surface area contributed by atoms with Crippen molar-refractivity contribution in [3.8, 4) is 0 Å². The van der Waals surface area contributed by atoms with Crippen LogP contribution in [0.4, 0.5) is 11.4 Å². The minimum absolute atomic E-state index is 0.122. The van der Waals surface area contributed by atoms with E-state index in [2.05, 4.69) is 17.5 Å². The number of halogens is 1. The lowest BCUT2D eigenvalue weighted by atomic mass is 9.85. The average molecular weight is 407 g/mol. The number of amides is 3.